The average Bonchev–Trinajstić information content (AvgIpc) is 2.75. The first-order chi connectivity index (χ1) is 14.2. The van der Waals surface area contributed by atoms with Gasteiger partial charge in [0.15, 0.2) is 18.0 Å². The molecule has 0 unspecified atom stereocenters. The van der Waals surface area contributed by atoms with Gasteiger partial charge in [0, 0.05) is 24.1 Å². The van der Waals surface area contributed by atoms with Crippen molar-refractivity contribution in [3.05, 3.63) is 36.2 Å². The third-order valence-corrected chi connectivity index (χ3v) is 5.22. The van der Waals surface area contributed by atoms with Crippen LogP contribution in [0.3, 0.4) is 0 Å². The standard InChI is InChI=1S/C21H27N5O3/c1-2-3-16-13-22-21(23-14-16)26-8-6-25(7-9-26)15-20(27)24-17-4-5-18-19(12-17)29-11-10-28-18/h4-5,12-14H,2-3,6-11,15H2,1H3,(H,24,27)/p+1. The number of ether oxygens (including phenoxy) is 2. The Morgan fingerprint density at radius 2 is 1.86 bits per heavy atom. The number of hydrogen-bond donors (Lipinski definition) is 2. The lowest BCUT2D eigenvalue weighted by Gasteiger charge is -2.31. The number of benzene rings is 1. The number of fused-ring (bicyclic) bond motifs is 1. The molecule has 0 spiro atoms. The number of nitrogens with one attached hydrogen (secondary N) is 2. The maximum Gasteiger partial charge on any atom is 0.279 e. The van der Waals surface area contributed by atoms with Crippen LogP contribution in [0.2, 0.25) is 0 Å². The Morgan fingerprint density at radius 1 is 1.14 bits per heavy atom. The quantitative estimate of drug-likeness (QED) is 0.740. The van der Waals surface area contributed by atoms with Gasteiger partial charge in [-0.2, -0.15) is 0 Å². The molecule has 8 nitrogen and oxygen atoms in total. The van der Waals surface area contributed by atoms with E-state index in [0.29, 0.717) is 25.5 Å². The van der Waals surface area contributed by atoms with Crippen molar-refractivity contribution < 1.29 is 19.2 Å². The maximum absolute atomic E-state index is 12.5. The van der Waals surface area contributed by atoms with E-state index in [0.717, 1.165) is 56.4 Å². The van der Waals surface area contributed by atoms with Gasteiger partial charge in [0.25, 0.3) is 5.91 Å². The smallest absolute Gasteiger partial charge is 0.279 e. The number of anilines is 2. The summed E-state index contributed by atoms with van der Waals surface area (Å²) in [4.78, 5) is 24.9. The summed E-state index contributed by atoms with van der Waals surface area (Å²) in [7, 11) is 0. The van der Waals surface area contributed by atoms with Gasteiger partial charge in [0.05, 0.1) is 26.2 Å². The average molecular weight is 398 g/mol. The summed E-state index contributed by atoms with van der Waals surface area (Å²) < 4.78 is 11.1. The number of quaternary nitrogens is 1. The number of hydrogen-bond acceptors (Lipinski definition) is 6. The molecule has 2 aliphatic rings. The van der Waals surface area contributed by atoms with Crippen molar-refractivity contribution in [3.63, 3.8) is 0 Å². The lowest BCUT2D eigenvalue weighted by Crippen LogP contribution is -3.15. The predicted molar refractivity (Wildman–Crippen MR) is 110 cm³/mol. The van der Waals surface area contributed by atoms with Gasteiger partial charge in [0.1, 0.15) is 13.2 Å². The molecule has 1 aromatic carbocycles. The monoisotopic (exact) mass is 398 g/mol. The van der Waals surface area contributed by atoms with E-state index < -0.39 is 0 Å². The van der Waals surface area contributed by atoms with Gasteiger partial charge >= 0.3 is 0 Å². The Bertz CT molecular complexity index is 835. The second kappa shape index (κ2) is 9.09. The van der Waals surface area contributed by atoms with Gasteiger partial charge < -0.3 is 24.6 Å². The molecule has 2 aliphatic heterocycles. The molecule has 4 rings (SSSR count). The summed E-state index contributed by atoms with van der Waals surface area (Å²) in [6, 6.07) is 5.50. The van der Waals surface area contributed by atoms with Crippen molar-refractivity contribution in [3.8, 4) is 11.5 Å². The van der Waals surface area contributed by atoms with Crippen LogP contribution < -0.4 is 24.6 Å². The number of amides is 1. The molecule has 0 aliphatic carbocycles. The second-order valence-electron chi connectivity index (χ2n) is 7.46. The fourth-order valence-electron chi connectivity index (χ4n) is 3.68. The van der Waals surface area contributed by atoms with Crippen molar-refractivity contribution in [2.75, 3.05) is 56.2 Å². The van der Waals surface area contributed by atoms with E-state index in [-0.39, 0.29) is 5.91 Å². The molecular formula is C21H28N5O3+. The highest BCUT2D eigenvalue weighted by molar-refractivity contribution is 5.91. The van der Waals surface area contributed by atoms with E-state index in [1.807, 2.05) is 30.6 Å². The first-order valence-corrected chi connectivity index (χ1v) is 10.3. The lowest BCUT2D eigenvalue weighted by molar-refractivity contribution is -0.892. The minimum absolute atomic E-state index is 0.00490. The van der Waals surface area contributed by atoms with Crippen molar-refractivity contribution in [1.82, 2.24) is 9.97 Å². The SMILES string of the molecule is CCCc1cnc(N2CC[NH+](CC(=O)Nc3ccc4c(c3)OCCO4)CC2)nc1. The molecule has 0 atom stereocenters. The van der Waals surface area contributed by atoms with Crippen LogP contribution in [0.4, 0.5) is 11.6 Å². The van der Waals surface area contributed by atoms with Crippen LogP contribution >= 0.6 is 0 Å². The summed E-state index contributed by atoms with van der Waals surface area (Å²) in [6.07, 6.45) is 5.95. The van der Waals surface area contributed by atoms with Crippen LogP contribution in [0.25, 0.3) is 0 Å². The third kappa shape index (κ3) is 4.95. The van der Waals surface area contributed by atoms with Crippen LogP contribution in [0.5, 0.6) is 11.5 Å². The van der Waals surface area contributed by atoms with Crippen molar-refractivity contribution >= 4 is 17.5 Å². The number of rotatable bonds is 6. The van der Waals surface area contributed by atoms with E-state index in [1.54, 1.807) is 0 Å². The van der Waals surface area contributed by atoms with Crippen LogP contribution in [0, 0.1) is 0 Å². The molecule has 8 heteroatoms. The minimum Gasteiger partial charge on any atom is -0.486 e. The number of piperazine rings is 1. The molecule has 2 N–H and O–H groups in total. The molecule has 1 aromatic heterocycles. The normalized spacial score (nSPS) is 16.5. The summed E-state index contributed by atoms with van der Waals surface area (Å²) >= 11 is 0. The highest BCUT2D eigenvalue weighted by atomic mass is 16.6. The molecule has 1 amide bonds. The van der Waals surface area contributed by atoms with E-state index in [2.05, 4.69) is 27.1 Å². The summed E-state index contributed by atoms with van der Waals surface area (Å²) in [6.45, 7) is 7.15. The van der Waals surface area contributed by atoms with Gasteiger partial charge in [-0.3, -0.25) is 4.79 Å². The molecule has 3 heterocycles. The van der Waals surface area contributed by atoms with Gasteiger partial charge in [0.2, 0.25) is 5.95 Å². The van der Waals surface area contributed by atoms with Crippen LogP contribution in [0.1, 0.15) is 18.9 Å². The summed E-state index contributed by atoms with van der Waals surface area (Å²) in [5.74, 6) is 2.19. The number of aryl methyl sites for hydroxylation is 1. The maximum atomic E-state index is 12.5. The van der Waals surface area contributed by atoms with Crippen molar-refractivity contribution in [2.45, 2.75) is 19.8 Å². The topological polar surface area (TPSA) is 81.0 Å². The van der Waals surface area contributed by atoms with Gasteiger partial charge in [-0.15, -0.1) is 0 Å². The molecule has 29 heavy (non-hydrogen) atoms. The Labute approximate surface area is 170 Å². The zero-order chi connectivity index (χ0) is 20.1. The van der Waals surface area contributed by atoms with Crippen LogP contribution in [0.15, 0.2) is 30.6 Å². The molecule has 2 aromatic rings. The van der Waals surface area contributed by atoms with Crippen molar-refractivity contribution in [2.24, 2.45) is 0 Å². The van der Waals surface area contributed by atoms with Crippen molar-refractivity contribution in [1.29, 1.82) is 0 Å². The van der Waals surface area contributed by atoms with E-state index in [1.165, 1.54) is 10.5 Å². The first-order valence-electron chi connectivity index (χ1n) is 10.3. The largest absolute Gasteiger partial charge is 0.486 e. The molecule has 1 fully saturated rings. The van der Waals surface area contributed by atoms with Gasteiger partial charge in [-0.25, -0.2) is 9.97 Å². The molecular weight excluding hydrogens is 370 g/mol. The highest BCUT2D eigenvalue weighted by Crippen LogP contribution is 2.32. The number of nitrogens with zero attached hydrogens (tertiary/aromatic N) is 3. The Morgan fingerprint density at radius 3 is 2.59 bits per heavy atom. The molecule has 0 radical (unpaired) electrons. The summed E-state index contributed by atoms with van der Waals surface area (Å²) in [5.41, 5.74) is 1.91. The van der Waals surface area contributed by atoms with E-state index in [4.69, 9.17) is 9.47 Å². The molecule has 0 bridgehead atoms. The lowest BCUT2D eigenvalue weighted by atomic mass is 10.2. The molecule has 1 saturated heterocycles. The Hall–Kier alpha value is -2.87. The number of carbonyl (C=O) groups is 1. The van der Waals surface area contributed by atoms with E-state index >= 15 is 0 Å². The molecule has 154 valence electrons. The Kier molecular flexibility index (Phi) is 6.09. The molecule has 0 saturated carbocycles. The van der Waals surface area contributed by atoms with Gasteiger partial charge in [-0.1, -0.05) is 13.3 Å². The second-order valence-corrected chi connectivity index (χ2v) is 7.46. The highest BCUT2D eigenvalue weighted by Gasteiger charge is 2.24. The first kappa shape index (κ1) is 19.4. The summed E-state index contributed by atoms with van der Waals surface area (Å²) in [5, 5.41) is 2.97. The Balaban J connectivity index is 1.25. The fraction of sp³-hybridized carbons (Fsp3) is 0.476. The third-order valence-electron chi connectivity index (χ3n) is 5.22. The zero-order valence-electron chi connectivity index (χ0n) is 16.8. The zero-order valence-corrected chi connectivity index (χ0v) is 16.8. The van der Waals surface area contributed by atoms with Crippen LogP contribution in [-0.4, -0.2) is 61.8 Å². The number of aromatic nitrogens is 2. The number of carbonyl (C=O) groups excluding carboxylic acids is 1. The minimum atomic E-state index is 0.00490. The van der Waals surface area contributed by atoms with E-state index in [9.17, 15) is 4.79 Å². The van der Waals surface area contributed by atoms with Crippen LogP contribution in [-0.2, 0) is 11.2 Å². The predicted octanol–water partition coefficient (Wildman–Crippen LogP) is 0.544. The fourth-order valence-corrected chi connectivity index (χ4v) is 3.68. The van der Waals surface area contributed by atoms with Gasteiger partial charge in [-0.05, 0) is 24.1 Å².